The van der Waals surface area contributed by atoms with Gasteiger partial charge in [0.2, 0.25) is 0 Å². The third kappa shape index (κ3) is 2.40. The Morgan fingerprint density at radius 2 is 2.20 bits per heavy atom. The van der Waals surface area contributed by atoms with Crippen molar-refractivity contribution in [1.29, 1.82) is 0 Å². The predicted octanol–water partition coefficient (Wildman–Crippen LogP) is 0.995. The van der Waals surface area contributed by atoms with Crippen LogP contribution in [0.4, 0.5) is 4.48 Å². The van der Waals surface area contributed by atoms with E-state index in [9.17, 15) is 4.48 Å². The minimum absolute atomic E-state index is 0. The molecule has 1 N–H and O–H groups in total. The number of piperidine rings is 1. The molecule has 1 aliphatic heterocycles. The third-order valence-corrected chi connectivity index (χ3v) is 1.81. The van der Waals surface area contributed by atoms with Crippen molar-refractivity contribution in [3.8, 4) is 0 Å². The van der Waals surface area contributed by atoms with Crippen LogP contribution in [-0.2, 0) is 0 Å². The molecular weight excluding hydrogens is 157 g/mol. The Labute approximate surface area is 66.4 Å². The molecule has 2 unspecified atom stereocenters. The summed E-state index contributed by atoms with van der Waals surface area (Å²) in [5.74, 6) is 0.0868. The van der Waals surface area contributed by atoms with E-state index in [0.29, 0.717) is 19.5 Å². The van der Waals surface area contributed by atoms with Gasteiger partial charge in [-0.25, -0.2) is 0 Å². The van der Waals surface area contributed by atoms with Crippen LogP contribution in [0.1, 0.15) is 13.3 Å². The predicted molar refractivity (Wildman–Crippen MR) is 39.7 cm³/mol. The number of nitrogens with zero attached hydrogens (tertiary/aromatic N) is 1. The molecule has 1 saturated heterocycles. The Bertz CT molecular complexity index is 104. The van der Waals surface area contributed by atoms with Crippen molar-refractivity contribution in [1.82, 2.24) is 5.12 Å². The van der Waals surface area contributed by atoms with Crippen molar-refractivity contribution in [2.24, 2.45) is 5.92 Å². The molecule has 0 spiro atoms. The number of rotatable bonds is 0. The van der Waals surface area contributed by atoms with Crippen LogP contribution in [-0.4, -0.2) is 29.4 Å². The molecule has 0 aromatic carbocycles. The van der Waals surface area contributed by atoms with Crippen molar-refractivity contribution < 1.29 is 9.59 Å². The molecule has 1 heterocycles. The highest BCUT2D eigenvalue weighted by Gasteiger charge is 2.23. The highest BCUT2D eigenvalue weighted by atomic mass is 35.5. The van der Waals surface area contributed by atoms with Gasteiger partial charge in [0, 0.05) is 13.1 Å². The van der Waals surface area contributed by atoms with Crippen molar-refractivity contribution >= 4 is 12.4 Å². The first kappa shape index (κ1) is 10.1. The number of hydrogen-bond acceptors (Lipinski definition) is 2. The van der Waals surface area contributed by atoms with Crippen LogP contribution in [0.25, 0.3) is 0 Å². The average Bonchev–Trinajstić information content (AvgIpc) is 1.80. The van der Waals surface area contributed by atoms with Gasteiger partial charge < -0.3 is 5.11 Å². The molecule has 0 radical (unpaired) electrons. The Morgan fingerprint density at radius 3 is 2.60 bits per heavy atom. The van der Waals surface area contributed by atoms with E-state index in [1.54, 1.807) is 0 Å². The maximum atomic E-state index is 12.3. The number of halogens is 2. The molecule has 0 saturated carbocycles. The lowest BCUT2D eigenvalue weighted by Crippen LogP contribution is -2.37. The summed E-state index contributed by atoms with van der Waals surface area (Å²) in [6.07, 6.45) is 0.273. The van der Waals surface area contributed by atoms with Crippen LogP contribution in [0.5, 0.6) is 0 Å². The maximum absolute atomic E-state index is 12.3. The Kier molecular flexibility index (Phi) is 4.17. The van der Waals surface area contributed by atoms with Crippen molar-refractivity contribution in [2.75, 3.05) is 13.1 Å². The molecule has 2 nitrogen and oxygen atoms in total. The van der Waals surface area contributed by atoms with Crippen LogP contribution in [0.3, 0.4) is 0 Å². The van der Waals surface area contributed by atoms with Gasteiger partial charge in [-0.2, -0.15) is 0 Å². The molecule has 1 fully saturated rings. The zero-order chi connectivity index (χ0) is 6.85. The molecule has 2 atom stereocenters. The topological polar surface area (TPSA) is 23.5 Å². The Hall–Kier alpha value is 0.140. The second-order valence-corrected chi connectivity index (χ2v) is 2.70. The fourth-order valence-electron chi connectivity index (χ4n) is 1.08. The SMILES string of the molecule is CC1CN(F)CCC1O.Cl. The summed E-state index contributed by atoms with van der Waals surface area (Å²) in [6.45, 7) is 2.61. The van der Waals surface area contributed by atoms with Gasteiger partial charge in [-0.1, -0.05) is 6.92 Å². The zero-order valence-corrected chi connectivity index (χ0v) is 6.77. The standard InChI is InChI=1S/C6H12FNO.ClH/c1-5-4-8(7)3-2-6(5)9;/h5-6,9H,2-4H2,1H3;1H. The average molecular weight is 170 g/mol. The summed E-state index contributed by atoms with van der Waals surface area (Å²) < 4.78 is 12.3. The first-order valence-corrected chi connectivity index (χ1v) is 3.29. The van der Waals surface area contributed by atoms with Crippen LogP contribution in [0.15, 0.2) is 0 Å². The first-order valence-electron chi connectivity index (χ1n) is 3.29. The van der Waals surface area contributed by atoms with E-state index in [2.05, 4.69) is 0 Å². The lowest BCUT2D eigenvalue weighted by Gasteiger charge is -2.27. The van der Waals surface area contributed by atoms with E-state index >= 15 is 0 Å². The van der Waals surface area contributed by atoms with E-state index < -0.39 is 0 Å². The lowest BCUT2D eigenvalue weighted by molar-refractivity contribution is -0.0611. The molecule has 0 aliphatic carbocycles. The van der Waals surface area contributed by atoms with Crippen LogP contribution >= 0.6 is 12.4 Å². The highest BCUT2D eigenvalue weighted by Crippen LogP contribution is 2.15. The number of hydrogen-bond donors (Lipinski definition) is 1. The number of aliphatic hydroxyl groups is 1. The summed E-state index contributed by atoms with van der Waals surface area (Å²) in [6, 6.07) is 0. The van der Waals surface area contributed by atoms with E-state index in [4.69, 9.17) is 5.11 Å². The summed E-state index contributed by atoms with van der Waals surface area (Å²) in [7, 11) is 0. The van der Waals surface area contributed by atoms with Gasteiger partial charge in [-0.3, -0.25) is 0 Å². The molecule has 0 bridgehead atoms. The monoisotopic (exact) mass is 169 g/mol. The van der Waals surface area contributed by atoms with Gasteiger partial charge in [-0.05, 0) is 12.3 Å². The van der Waals surface area contributed by atoms with Gasteiger partial charge in [0.15, 0.2) is 0 Å². The van der Waals surface area contributed by atoms with Gasteiger partial charge >= 0.3 is 0 Å². The molecule has 62 valence electrons. The normalized spacial score (nSPS) is 35.1. The molecule has 10 heavy (non-hydrogen) atoms. The second kappa shape index (κ2) is 4.11. The van der Waals surface area contributed by atoms with Crippen molar-refractivity contribution in [3.63, 3.8) is 0 Å². The van der Waals surface area contributed by atoms with Gasteiger partial charge in [0.25, 0.3) is 0 Å². The maximum Gasteiger partial charge on any atom is 0.0592 e. The van der Waals surface area contributed by atoms with E-state index in [1.165, 1.54) is 0 Å². The molecule has 0 aromatic rings. The fraction of sp³-hybridized carbons (Fsp3) is 1.00. The molecule has 0 aromatic heterocycles. The Morgan fingerprint density at radius 1 is 1.60 bits per heavy atom. The van der Waals surface area contributed by atoms with Gasteiger partial charge in [0.05, 0.1) is 6.10 Å². The van der Waals surface area contributed by atoms with E-state index in [1.807, 2.05) is 6.92 Å². The minimum Gasteiger partial charge on any atom is -0.393 e. The second-order valence-electron chi connectivity index (χ2n) is 2.70. The summed E-state index contributed by atoms with van der Waals surface area (Å²) in [5, 5.41) is 9.86. The molecule has 1 aliphatic rings. The molecule has 1 rings (SSSR count). The van der Waals surface area contributed by atoms with E-state index in [0.717, 1.165) is 5.12 Å². The van der Waals surface area contributed by atoms with Gasteiger partial charge in [-0.15, -0.1) is 22.0 Å². The molecular formula is C6H13ClFNO. The third-order valence-electron chi connectivity index (χ3n) is 1.81. The first-order chi connectivity index (χ1) is 4.20. The molecule has 0 amide bonds. The Balaban J connectivity index is 0.000000810. The van der Waals surface area contributed by atoms with Crippen molar-refractivity contribution in [3.05, 3.63) is 0 Å². The largest absolute Gasteiger partial charge is 0.393 e. The van der Waals surface area contributed by atoms with Gasteiger partial charge in [0.1, 0.15) is 0 Å². The highest BCUT2D eigenvalue weighted by molar-refractivity contribution is 5.85. The summed E-state index contributed by atoms with van der Waals surface area (Å²) in [4.78, 5) is 0. The smallest absolute Gasteiger partial charge is 0.0592 e. The molecule has 4 heteroatoms. The fourth-order valence-corrected chi connectivity index (χ4v) is 1.08. The van der Waals surface area contributed by atoms with Crippen LogP contribution in [0.2, 0.25) is 0 Å². The quantitative estimate of drug-likeness (QED) is 0.547. The van der Waals surface area contributed by atoms with Crippen LogP contribution in [0, 0.1) is 5.92 Å². The van der Waals surface area contributed by atoms with Crippen LogP contribution < -0.4 is 0 Å². The number of aliphatic hydroxyl groups excluding tert-OH is 1. The summed E-state index contributed by atoms with van der Waals surface area (Å²) in [5.41, 5.74) is 0. The lowest BCUT2D eigenvalue weighted by atomic mass is 9.98. The van der Waals surface area contributed by atoms with Crippen molar-refractivity contribution in [2.45, 2.75) is 19.4 Å². The minimum atomic E-state index is -0.294. The zero-order valence-electron chi connectivity index (χ0n) is 5.96. The summed E-state index contributed by atoms with van der Waals surface area (Å²) >= 11 is 0. The van der Waals surface area contributed by atoms with E-state index in [-0.39, 0.29) is 24.4 Å².